The molecule has 0 atom stereocenters. The third-order valence-corrected chi connectivity index (χ3v) is 25.3. The number of ether oxygens (including phenoxy) is 1. The number of carbonyl (C=O) groups is 4. The van der Waals surface area contributed by atoms with Gasteiger partial charge in [-0.05, 0) is 238 Å². The van der Waals surface area contributed by atoms with E-state index in [0.717, 1.165) is 167 Å². The fraction of sp³-hybridized carbons (Fsp3) is 0.538. The van der Waals surface area contributed by atoms with Crippen LogP contribution in [-0.4, -0.2) is 163 Å². The van der Waals surface area contributed by atoms with E-state index in [1.807, 2.05) is 107 Å². The van der Waals surface area contributed by atoms with E-state index in [1.54, 1.807) is 19.2 Å². The lowest BCUT2D eigenvalue weighted by molar-refractivity contribution is -0.119. The van der Waals surface area contributed by atoms with E-state index < -0.39 is 0 Å². The van der Waals surface area contributed by atoms with Gasteiger partial charge in [0.1, 0.15) is 17.4 Å². The van der Waals surface area contributed by atoms with Crippen LogP contribution in [0.3, 0.4) is 0 Å². The standard InChI is InChI=1S/C18H29FN2.C17H27FN2.C16H26N2O.C15H20N2.C14H19NO.C14H21NO.C13H19NO.C12H17NO/c1-14(2)21-10-8-20(9-11-21)13-15-6-7-16(17(19)12-15)18(3,4)5;1-5-19-8-10-20(11-9-19)13-14-6-7-15(16(18)12-14)17(2,3)4;1-16(2,3)14-7-6-13(12-15(14)19-5)18-10-8-17(4)9-11-18;1-11-6-13(15(3,4)5)8-14(7-11)17-9-12(2)16-10-17;1-14(2,3)11-6-8-12(9-7-11)15-13(16)10-4-5-10;1-10(2)13(16)15-12-8-6-11(7-9-12)14(3,4)5;1-5-12(15)14-11-8-6-10(7-9-11)13(2,3)4;1-9(14)13-11-7-5-10(6-8-11)12(2,3)4/h6-7,12,14H,8-11,13H2,1-5H3;6-7,12H,5,8-11,13H2,1-4H3;6-7,12H,8-11H2,1-5H3;6-10H,1-5H3;6-10H,4-5H2,1-3H3,(H,15,16);6-10H,1-5H3,(H,15,16);6-9H,5H2,1-4H3,(H,14,15);5-8H,1-4H3,(H,13,14). The summed E-state index contributed by atoms with van der Waals surface area (Å²) in [6.07, 6.45) is 6.54. The Balaban J connectivity index is 0.000000243. The zero-order valence-corrected chi connectivity index (χ0v) is 91.7. The number of amides is 4. The van der Waals surface area contributed by atoms with Gasteiger partial charge in [0.15, 0.2) is 0 Å². The van der Waals surface area contributed by atoms with Crippen molar-refractivity contribution in [3.05, 3.63) is 261 Å². The zero-order valence-electron chi connectivity index (χ0n) is 91.7. The van der Waals surface area contributed by atoms with E-state index >= 15 is 0 Å². The van der Waals surface area contributed by atoms with E-state index in [2.05, 4.69) is 352 Å². The van der Waals surface area contributed by atoms with Crippen LogP contribution < -0.4 is 30.9 Å². The minimum atomic E-state index is -0.133. The van der Waals surface area contributed by atoms with Gasteiger partial charge in [-0.1, -0.05) is 279 Å². The molecule has 4 N–H and O–H groups in total. The van der Waals surface area contributed by atoms with E-state index in [1.165, 1.54) is 57.2 Å². The first kappa shape index (κ1) is 117. The molecule has 138 heavy (non-hydrogen) atoms. The van der Waals surface area contributed by atoms with E-state index in [9.17, 15) is 28.0 Å². The predicted octanol–water partition coefficient (Wildman–Crippen LogP) is 26.6. The molecule has 4 fully saturated rings. The molecule has 1 saturated carbocycles. The van der Waals surface area contributed by atoms with Gasteiger partial charge in [0.05, 0.1) is 19.1 Å². The number of aromatic nitrogens is 2. The topological polar surface area (TPSA) is 163 Å². The fourth-order valence-corrected chi connectivity index (χ4v) is 15.8. The molecule has 3 saturated heterocycles. The van der Waals surface area contributed by atoms with Gasteiger partial charge < -0.3 is 45.3 Å². The second-order valence-corrected chi connectivity index (χ2v) is 46.7. The summed E-state index contributed by atoms with van der Waals surface area (Å²) in [5.74, 6) is 1.40. The maximum atomic E-state index is 14.2. The molecule has 8 aromatic carbocycles. The Kier molecular flexibility index (Phi) is 44.0. The van der Waals surface area contributed by atoms with Crippen molar-refractivity contribution in [3.8, 4) is 11.4 Å². The van der Waals surface area contributed by atoms with E-state index in [4.69, 9.17) is 4.74 Å². The van der Waals surface area contributed by atoms with Gasteiger partial charge in [0.25, 0.3) is 0 Å². The lowest BCUT2D eigenvalue weighted by Crippen LogP contribution is -2.48. The van der Waals surface area contributed by atoms with Crippen molar-refractivity contribution >= 4 is 52.1 Å². The molecule has 13 rings (SSSR count). The van der Waals surface area contributed by atoms with Crippen molar-refractivity contribution < 1.29 is 32.7 Å². The maximum Gasteiger partial charge on any atom is 0.227 e. The summed E-state index contributed by atoms with van der Waals surface area (Å²) in [7, 11) is 3.94. The highest BCUT2D eigenvalue weighted by Gasteiger charge is 2.31. The molecule has 0 unspecified atom stereocenters. The molecule has 17 nitrogen and oxygen atoms in total. The van der Waals surface area contributed by atoms with Gasteiger partial charge in [-0.15, -0.1) is 0 Å². The second kappa shape index (κ2) is 52.0. The summed E-state index contributed by atoms with van der Waals surface area (Å²) in [5.41, 5.74) is 20.5. The predicted molar refractivity (Wildman–Crippen MR) is 581 cm³/mol. The molecule has 4 aliphatic rings. The SMILES string of the molecule is CC(=O)Nc1ccc(C(C)(C)C)cc1.CC(C)(C)c1ccc(NC(=O)C2CC2)cc1.CC(C)C(=O)Nc1ccc(C(C)(C)C)cc1.CC(C)N1CCN(Cc2ccc(C(C)(C)C)c(F)c2)CC1.CCC(=O)Nc1ccc(C(C)(C)C)cc1.CCN1CCN(Cc2ccc(C(C)(C)C)c(F)c2)CC1.COc1cc(N2CCN(C)CC2)ccc1C(C)(C)C.Cc1cc(-n2cnc(C)c2)cc(C(C)(C)C)c1. The number of anilines is 5. The third-order valence-electron chi connectivity index (χ3n) is 25.3. The Morgan fingerprint density at radius 1 is 0.420 bits per heavy atom. The third kappa shape index (κ3) is 40.4. The van der Waals surface area contributed by atoms with Gasteiger partial charge >= 0.3 is 0 Å². The number of nitrogens with zero attached hydrogens (tertiary/aromatic N) is 8. The molecule has 3 aliphatic heterocycles. The van der Waals surface area contributed by atoms with Crippen LogP contribution in [0.15, 0.2) is 182 Å². The summed E-state index contributed by atoms with van der Waals surface area (Å²) >= 11 is 0. The Bertz CT molecular complexity index is 5160. The highest BCUT2D eigenvalue weighted by Crippen LogP contribution is 2.37. The lowest BCUT2D eigenvalue weighted by atomic mass is 9.86. The average molecular weight is 1890 g/mol. The number of likely N-dealkylation sites (N-methyl/N-ethyl adjacent to an activating group) is 2. The van der Waals surface area contributed by atoms with Crippen LogP contribution >= 0.6 is 0 Å². The molecule has 0 radical (unpaired) electrons. The molecule has 1 aromatic heterocycles. The van der Waals surface area contributed by atoms with Crippen molar-refractivity contribution in [2.45, 2.75) is 310 Å². The smallest absolute Gasteiger partial charge is 0.227 e. The molecule has 4 amide bonds. The minimum absolute atomic E-state index is 0.0160. The van der Waals surface area contributed by atoms with Crippen LogP contribution in [0.5, 0.6) is 5.75 Å². The molecule has 0 bridgehead atoms. The number of methoxy groups -OCH3 is 1. The van der Waals surface area contributed by atoms with Crippen LogP contribution in [0.2, 0.25) is 0 Å². The minimum Gasteiger partial charge on any atom is -0.496 e. The summed E-state index contributed by atoms with van der Waals surface area (Å²) < 4.78 is 36.1. The second-order valence-electron chi connectivity index (χ2n) is 46.7. The zero-order chi connectivity index (χ0) is 103. The maximum absolute atomic E-state index is 14.2. The summed E-state index contributed by atoms with van der Waals surface area (Å²) in [6.45, 7) is 85.8. The highest BCUT2D eigenvalue weighted by atomic mass is 19.1. The molecule has 9 aromatic rings. The molecule has 758 valence electrons. The first-order chi connectivity index (χ1) is 64.0. The van der Waals surface area contributed by atoms with Gasteiger partial charge in [-0.3, -0.25) is 33.9 Å². The van der Waals surface area contributed by atoms with Gasteiger partial charge in [0.2, 0.25) is 23.6 Å². The van der Waals surface area contributed by atoms with Crippen molar-refractivity contribution in [1.29, 1.82) is 0 Å². The normalized spacial score (nSPS) is 14.9. The van der Waals surface area contributed by atoms with Crippen molar-refractivity contribution in [1.82, 2.24) is 34.1 Å². The lowest BCUT2D eigenvalue weighted by Gasteiger charge is -2.37. The number of hydrogen-bond donors (Lipinski definition) is 4. The first-order valence-corrected chi connectivity index (χ1v) is 50.4. The molecule has 0 spiro atoms. The van der Waals surface area contributed by atoms with Crippen LogP contribution in [0, 0.1) is 37.3 Å². The largest absolute Gasteiger partial charge is 0.496 e. The highest BCUT2D eigenvalue weighted by molar-refractivity contribution is 5.94. The Morgan fingerprint density at radius 2 is 0.804 bits per heavy atom. The van der Waals surface area contributed by atoms with E-state index in [0.29, 0.717) is 12.5 Å². The number of benzene rings is 8. The Morgan fingerprint density at radius 3 is 1.14 bits per heavy atom. The molecular weight excluding hydrogens is 1720 g/mol. The Labute approximate surface area is 833 Å². The molecule has 19 heteroatoms. The fourth-order valence-electron chi connectivity index (χ4n) is 15.8. The Hall–Kier alpha value is -9.89. The molecule has 1 aliphatic carbocycles. The first-order valence-electron chi connectivity index (χ1n) is 50.4. The van der Waals surface area contributed by atoms with Gasteiger partial charge in [0, 0.05) is 169 Å². The summed E-state index contributed by atoms with van der Waals surface area (Å²) in [4.78, 5) is 63.8. The quantitative estimate of drug-likeness (QED) is 0.0725. The van der Waals surface area contributed by atoms with E-state index in [-0.39, 0.29) is 90.4 Å². The number of carbonyl (C=O) groups excluding carboxylic acids is 4. The number of rotatable bonds is 16. The number of nitrogens with one attached hydrogen (secondary N) is 4. The number of halogens is 2. The van der Waals surface area contributed by atoms with Crippen LogP contribution in [-0.2, 0) is 75.6 Å². The van der Waals surface area contributed by atoms with Gasteiger partial charge in [-0.25, -0.2) is 13.8 Å². The number of piperazine rings is 3. The monoisotopic (exact) mass is 1890 g/mol. The number of aryl methyl sites for hydroxylation is 2. The van der Waals surface area contributed by atoms with Crippen LogP contribution in [0.4, 0.5) is 37.2 Å². The van der Waals surface area contributed by atoms with Gasteiger partial charge in [-0.2, -0.15) is 0 Å². The van der Waals surface area contributed by atoms with Crippen LogP contribution in [0.25, 0.3) is 5.69 Å². The summed E-state index contributed by atoms with van der Waals surface area (Å²) in [6, 6.07) is 57.6. The number of imidazole rings is 1. The van der Waals surface area contributed by atoms with Crippen LogP contribution in [0.1, 0.15) is 301 Å². The van der Waals surface area contributed by atoms with Crippen molar-refractivity contribution in [2.75, 3.05) is 125 Å². The van der Waals surface area contributed by atoms with Crippen molar-refractivity contribution in [3.63, 3.8) is 0 Å². The summed E-state index contributed by atoms with van der Waals surface area (Å²) in [5, 5.41) is 11.4. The average Bonchev–Trinajstić information content (AvgIpc) is 1.47. The number of hydrogen-bond acceptors (Lipinski definition) is 12. The van der Waals surface area contributed by atoms with Crippen molar-refractivity contribution in [2.24, 2.45) is 11.8 Å². The molecule has 4 heterocycles. The molecular formula is C119H178F2N12O5.